The molecule has 0 spiro atoms. The molecule has 33 heteroatoms. The molecule has 5 heterocycles. The third-order valence-electron chi connectivity index (χ3n) is 23.0. The summed E-state index contributed by atoms with van der Waals surface area (Å²) in [5.74, 6) is -9.02. The number of aliphatic hydroxyl groups is 16. The Morgan fingerprint density at radius 2 is 0.860 bits per heavy atom. The van der Waals surface area contributed by atoms with Crippen LogP contribution in [0.4, 0.5) is 0 Å². The number of ketones is 1. The lowest BCUT2D eigenvalue weighted by atomic mass is 9.86. The Hall–Kier alpha value is -2.96. The molecule has 33 nitrogen and oxygen atoms in total. The van der Waals surface area contributed by atoms with Crippen molar-refractivity contribution in [2.75, 3.05) is 39.6 Å². The second-order valence-corrected chi connectivity index (χ2v) is 32.5. The van der Waals surface area contributed by atoms with Crippen LogP contribution in [-0.2, 0) is 66.5 Å². The van der Waals surface area contributed by atoms with E-state index in [4.69, 9.17) is 47.4 Å². The van der Waals surface area contributed by atoms with Crippen molar-refractivity contribution in [3.8, 4) is 0 Å². The molecule has 2 amide bonds. The Balaban J connectivity index is 1.32. The molecule has 5 saturated heterocycles. The molecule has 668 valence electrons. The fourth-order valence-corrected chi connectivity index (χ4v) is 16.1. The molecule has 0 saturated carbocycles. The standard InChI is InChI=1S/C81H148N2O31/c1-5-7-9-11-13-15-17-19-20-21-22-23-24-25-26-27-29-31-33-35-37-39-41-61(94)83-53(54(91)40-38-36-34-32-30-28-18-16-14-12-10-8-6-2)49-105-77-69(101)67(99)72(59(47-87)108-77)111-79-70(102)75(114-81(80(103)104)43-55(92)62(82-51(4)90)74(113-81)63(95)56(93)44-84)73(60(48-88)109-79)112-76-52(42-50(3)89)71(65(97)58(46-86)106-76)110-78-68(100)66(98)64(96)57(45-85)107-78/h52-60,62-79,84-88,91-93,95-102H,5-49H2,1-4H3,(H,82,90)(H,83,94)(H,103,104)/t52-,53+,54-,55+,56-,57-,58-,59-,60-,62-,63-,64+,65+,66+,67-,68-,69-,70-,71-,72-,73+,74?,75-,76+,77-,78+,79+,81+/m1/s1. The van der Waals surface area contributed by atoms with Crippen molar-refractivity contribution in [3.05, 3.63) is 0 Å². The summed E-state index contributed by atoms with van der Waals surface area (Å²) in [4.78, 5) is 53.3. The lowest BCUT2D eigenvalue weighted by molar-refractivity contribution is -0.406. The van der Waals surface area contributed by atoms with Crippen LogP contribution in [-0.4, -0.2) is 315 Å². The lowest BCUT2D eigenvalue weighted by Gasteiger charge is -2.52. The molecule has 0 aromatic carbocycles. The predicted octanol–water partition coefficient (Wildman–Crippen LogP) is 3.00. The molecule has 5 fully saturated rings. The van der Waals surface area contributed by atoms with Crippen molar-refractivity contribution in [2.24, 2.45) is 5.92 Å². The van der Waals surface area contributed by atoms with Gasteiger partial charge in [-0.2, -0.15) is 0 Å². The maximum atomic E-state index is 13.9. The number of carboxylic acid groups (broad SMARTS) is 1. The van der Waals surface area contributed by atoms with E-state index in [1.54, 1.807) is 0 Å². The monoisotopic (exact) mass is 1650 g/mol. The zero-order chi connectivity index (χ0) is 83.7. The number of hydrogen-bond donors (Lipinski definition) is 19. The van der Waals surface area contributed by atoms with Gasteiger partial charge in [0.2, 0.25) is 11.8 Å². The van der Waals surface area contributed by atoms with Crippen LogP contribution >= 0.6 is 0 Å². The highest BCUT2D eigenvalue weighted by Gasteiger charge is 2.62. The quantitative estimate of drug-likeness (QED) is 0.0389. The topological polar surface area (TPSA) is 529 Å². The van der Waals surface area contributed by atoms with E-state index in [2.05, 4.69) is 24.5 Å². The fourth-order valence-electron chi connectivity index (χ4n) is 16.1. The first kappa shape index (κ1) is 102. The maximum absolute atomic E-state index is 13.9. The summed E-state index contributed by atoms with van der Waals surface area (Å²) >= 11 is 0. The van der Waals surface area contributed by atoms with Crippen molar-refractivity contribution < 1.29 is 153 Å². The molecule has 28 atom stereocenters. The van der Waals surface area contributed by atoms with Gasteiger partial charge in [0.1, 0.15) is 110 Å². The highest BCUT2D eigenvalue weighted by Crippen LogP contribution is 2.43. The average Bonchev–Trinajstić information content (AvgIpc) is 0.746. The zero-order valence-corrected chi connectivity index (χ0v) is 68.2. The number of amides is 2. The molecule has 5 rings (SSSR count). The molecule has 0 aliphatic carbocycles. The predicted molar refractivity (Wildman–Crippen MR) is 412 cm³/mol. The highest BCUT2D eigenvalue weighted by molar-refractivity contribution is 5.77. The van der Waals surface area contributed by atoms with E-state index < -0.39 is 241 Å². The Morgan fingerprint density at radius 1 is 0.447 bits per heavy atom. The van der Waals surface area contributed by atoms with Crippen molar-refractivity contribution in [1.82, 2.24) is 10.6 Å². The fraction of sp³-hybridized carbons (Fsp3) is 0.951. The zero-order valence-electron chi connectivity index (χ0n) is 68.2. The van der Waals surface area contributed by atoms with Crippen LogP contribution in [0.15, 0.2) is 0 Å². The van der Waals surface area contributed by atoms with Crippen LogP contribution in [0.5, 0.6) is 0 Å². The van der Waals surface area contributed by atoms with Crippen molar-refractivity contribution in [1.29, 1.82) is 0 Å². The van der Waals surface area contributed by atoms with Gasteiger partial charge in [-0.1, -0.05) is 232 Å². The first-order chi connectivity index (χ1) is 54.8. The molecule has 0 bridgehead atoms. The van der Waals surface area contributed by atoms with E-state index in [9.17, 15) is 106 Å². The Kier molecular flexibility index (Phi) is 49.8. The highest BCUT2D eigenvalue weighted by atomic mass is 16.8. The number of Topliss-reactive ketones (excluding diaryl/α,β-unsaturated/α-hetero) is 1. The number of carbonyl (C=O) groups excluding carboxylic acids is 3. The normalized spacial score (nSPS) is 33.2. The van der Waals surface area contributed by atoms with Crippen molar-refractivity contribution in [2.45, 2.75) is 443 Å². The minimum absolute atomic E-state index is 0.162. The largest absolute Gasteiger partial charge is 0.477 e. The molecule has 5 aliphatic heterocycles. The molecule has 0 aromatic rings. The van der Waals surface area contributed by atoms with Crippen LogP contribution in [0.2, 0.25) is 0 Å². The SMILES string of the molecule is CCCCCCCCCCCCCCCCCCCCCCCCC(=O)N[C@@H](CO[C@@H]1O[C@H](CO)[C@@H](O[C@@H]2O[C@H](CO)[C@H](O[C@@H]3O[C@H](CO)[C@H](O)[C@H](O[C@@H]4O[C@H](CO)[C@H](O)[C@H](O)[C@H]4O)[C@H]3CC(C)=O)[C@H](O[C@]3(C(=O)O)C[C@H](O)[C@@H](NC(C)=O)C([C@H](O)[C@H](O)CO)O3)[C@H]2O)[C@H](O)[C@H]1O)[C@H](O)CCCCCCCCCCCCCCC. The van der Waals surface area contributed by atoms with Crippen LogP contribution in [0.25, 0.3) is 0 Å². The summed E-state index contributed by atoms with van der Waals surface area (Å²) in [7, 11) is 0. The maximum Gasteiger partial charge on any atom is 0.364 e. The number of aliphatic carboxylic acids is 1. The van der Waals surface area contributed by atoms with Crippen LogP contribution < -0.4 is 10.6 Å². The smallest absolute Gasteiger partial charge is 0.364 e. The summed E-state index contributed by atoms with van der Waals surface area (Å²) in [6.45, 7) is 0.644. The number of ether oxygens (including phenoxy) is 10. The summed E-state index contributed by atoms with van der Waals surface area (Å²) in [5, 5.41) is 195. The Labute approximate surface area is 673 Å². The molecular formula is C81H148N2O31. The van der Waals surface area contributed by atoms with Gasteiger partial charge in [-0.15, -0.1) is 0 Å². The molecule has 5 aliphatic rings. The van der Waals surface area contributed by atoms with Crippen LogP contribution in [0.1, 0.15) is 278 Å². The van der Waals surface area contributed by atoms with E-state index >= 15 is 0 Å². The molecular weight excluding hydrogens is 1500 g/mol. The van der Waals surface area contributed by atoms with E-state index in [0.29, 0.717) is 12.8 Å². The third kappa shape index (κ3) is 33.1. The van der Waals surface area contributed by atoms with E-state index in [-0.39, 0.29) is 18.7 Å². The summed E-state index contributed by atoms with van der Waals surface area (Å²) in [6.07, 6.45) is -8.54. The van der Waals surface area contributed by atoms with E-state index in [0.717, 1.165) is 71.6 Å². The molecule has 1 unspecified atom stereocenters. The number of nitrogens with one attached hydrogen (secondary N) is 2. The van der Waals surface area contributed by atoms with E-state index in [1.807, 2.05) is 0 Å². The van der Waals surface area contributed by atoms with Crippen molar-refractivity contribution >= 4 is 23.6 Å². The number of rotatable bonds is 61. The molecule has 0 aromatic heterocycles. The van der Waals surface area contributed by atoms with Gasteiger partial charge in [0, 0.05) is 32.1 Å². The average molecular weight is 1650 g/mol. The van der Waals surface area contributed by atoms with Crippen LogP contribution in [0, 0.1) is 5.92 Å². The summed E-state index contributed by atoms with van der Waals surface area (Å²) in [5.41, 5.74) is 0. The molecule has 114 heavy (non-hydrogen) atoms. The van der Waals surface area contributed by atoms with Gasteiger partial charge in [0.05, 0.1) is 70.0 Å². The van der Waals surface area contributed by atoms with Gasteiger partial charge in [0.25, 0.3) is 5.79 Å². The third-order valence-corrected chi connectivity index (χ3v) is 23.0. The second-order valence-electron chi connectivity index (χ2n) is 32.5. The summed E-state index contributed by atoms with van der Waals surface area (Å²) in [6, 6.07) is -2.80. The number of hydrogen-bond acceptors (Lipinski definition) is 30. The first-order valence-corrected chi connectivity index (χ1v) is 43.1. The summed E-state index contributed by atoms with van der Waals surface area (Å²) < 4.78 is 60.6. The van der Waals surface area contributed by atoms with Gasteiger partial charge in [-0.3, -0.25) is 9.59 Å². The number of carbonyl (C=O) groups is 4. The van der Waals surface area contributed by atoms with Crippen LogP contribution in [0.3, 0.4) is 0 Å². The first-order valence-electron chi connectivity index (χ1n) is 43.1. The minimum atomic E-state index is -3.36. The Morgan fingerprint density at radius 3 is 1.32 bits per heavy atom. The number of unbranched alkanes of at least 4 members (excludes halogenated alkanes) is 33. The Bertz CT molecular complexity index is 2570. The molecule has 19 N–H and O–H groups in total. The van der Waals surface area contributed by atoms with Gasteiger partial charge < -0.3 is 150 Å². The van der Waals surface area contributed by atoms with E-state index in [1.165, 1.54) is 154 Å². The number of aliphatic hydroxyl groups excluding tert-OH is 16. The van der Waals surface area contributed by atoms with Gasteiger partial charge >= 0.3 is 5.97 Å². The minimum Gasteiger partial charge on any atom is -0.477 e. The molecule has 0 radical (unpaired) electrons. The second kappa shape index (κ2) is 55.9. The van der Waals surface area contributed by atoms with Gasteiger partial charge in [-0.05, 0) is 19.8 Å². The van der Waals surface area contributed by atoms with Gasteiger partial charge in [-0.25, -0.2) is 4.79 Å². The van der Waals surface area contributed by atoms with Gasteiger partial charge in [0.15, 0.2) is 25.2 Å². The number of carboxylic acids is 1. The van der Waals surface area contributed by atoms with Crippen molar-refractivity contribution in [3.63, 3.8) is 0 Å². The lowest BCUT2D eigenvalue weighted by Crippen LogP contribution is -2.71.